The van der Waals surface area contributed by atoms with Gasteiger partial charge in [0.05, 0.1) is 24.2 Å². The average molecular weight is 493 g/mol. The maximum atomic E-state index is 12.8. The molecule has 0 fully saturated rings. The lowest BCUT2D eigenvalue weighted by Crippen LogP contribution is -2.29. The smallest absolute Gasteiger partial charge is 0.336 e. The van der Waals surface area contributed by atoms with Crippen molar-refractivity contribution in [2.75, 3.05) is 27.3 Å². The highest BCUT2D eigenvalue weighted by Crippen LogP contribution is 2.40. The molecule has 0 aliphatic carbocycles. The lowest BCUT2D eigenvalue weighted by molar-refractivity contribution is -0.384. The Morgan fingerprint density at radius 2 is 1.89 bits per heavy atom. The van der Waals surface area contributed by atoms with E-state index < -0.39 is 16.8 Å². The first-order valence-corrected chi connectivity index (χ1v) is 11.6. The zero-order chi connectivity index (χ0) is 26.2. The third-order valence-electron chi connectivity index (χ3n) is 6.01. The van der Waals surface area contributed by atoms with Crippen LogP contribution in [0.15, 0.2) is 82.1 Å². The van der Waals surface area contributed by atoms with Crippen LogP contribution in [0.4, 0.5) is 5.69 Å². The fourth-order valence-corrected chi connectivity index (χ4v) is 4.34. The second kappa shape index (κ2) is 12.2. The molecule has 1 aliphatic heterocycles. The van der Waals surface area contributed by atoms with Gasteiger partial charge in [0.25, 0.3) is 5.69 Å². The molecule has 1 heterocycles. The van der Waals surface area contributed by atoms with Gasteiger partial charge in [-0.15, -0.1) is 0 Å². The van der Waals surface area contributed by atoms with Crippen LogP contribution >= 0.6 is 0 Å². The number of nitrogens with zero attached hydrogens (tertiary/aromatic N) is 3. The van der Waals surface area contributed by atoms with Crippen LogP contribution in [0.5, 0.6) is 0 Å². The van der Waals surface area contributed by atoms with Gasteiger partial charge in [-0.1, -0.05) is 42.5 Å². The number of esters is 1. The topological polar surface area (TPSA) is 106 Å². The summed E-state index contributed by atoms with van der Waals surface area (Å²) in [7, 11) is 3.33. The maximum Gasteiger partial charge on any atom is 0.336 e. The van der Waals surface area contributed by atoms with Gasteiger partial charge in [-0.25, -0.2) is 4.79 Å². The SMILES string of the molecule is COC(=O)C1=C(C)N=C(C)/C(=C(/C)NOCCN(C)Cc2ccccc2)C1c1cccc([N+](=O)[O-])c1. The summed E-state index contributed by atoms with van der Waals surface area (Å²) < 4.78 is 5.05. The zero-order valence-electron chi connectivity index (χ0n) is 21.3. The molecule has 0 saturated heterocycles. The highest BCUT2D eigenvalue weighted by atomic mass is 16.6. The summed E-state index contributed by atoms with van der Waals surface area (Å²) >= 11 is 0. The minimum Gasteiger partial charge on any atom is -0.466 e. The highest BCUT2D eigenvalue weighted by molar-refractivity contribution is 6.06. The predicted molar refractivity (Wildman–Crippen MR) is 138 cm³/mol. The van der Waals surface area contributed by atoms with Gasteiger partial charge in [0.2, 0.25) is 0 Å². The number of rotatable bonds is 10. The Hall–Kier alpha value is -3.82. The van der Waals surface area contributed by atoms with Crippen molar-refractivity contribution < 1.29 is 19.3 Å². The van der Waals surface area contributed by atoms with Crippen molar-refractivity contribution in [1.29, 1.82) is 0 Å². The summed E-state index contributed by atoms with van der Waals surface area (Å²) in [6, 6.07) is 16.5. The molecule has 3 rings (SSSR count). The predicted octanol–water partition coefficient (Wildman–Crippen LogP) is 4.53. The number of ether oxygens (including phenoxy) is 1. The number of non-ortho nitro benzene ring substituents is 1. The number of nitrogens with one attached hydrogen (secondary N) is 1. The van der Waals surface area contributed by atoms with E-state index in [1.165, 1.54) is 24.8 Å². The number of hydrogen-bond acceptors (Lipinski definition) is 8. The Morgan fingerprint density at radius 1 is 1.17 bits per heavy atom. The quantitative estimate of drug-likeness (QED) is 0.225. The molecule has 190 valence electrons. The number of hydrogen-bond donors (Lipinski definition) is 1. The number of allylic oxidation sites excluding steroid dienone is 3. The first-order chi connectivity index (χ1) is 17.2. The van der Waals surface area contributed by atoms with Gasteiger partial charge in [-0.2, -0.15) is 0 Å². The lowest BCUT2D eigenvalue weighted by Gasteiger charge is -2.29. The molecule has 0 amide bonds. The Bertz CT molecular complexity index is 1200. The van der Waals surface area contributed by atoms with E-state index in [1.807, 2.05) is 39.1 Å². The number of carbonyl (C=O) groups excluding carboxylic acids is 1. The normalized spacial score (nSPS) is 17.1. The second-order valence-electron chi connectivity index (χ2n) is 8.69. The fraction of sp³-hybridized carbons (Fsp3) is 0.333. The van der Waals surface area contributed by atoms with Crippen LogP contribution in [0.25, 0.3) is 0 Å². The minimum atomic E-state index is -0.605. The van der Waals surface area contributed by atoms with E-state index in [0.29, 0.717) is 47.0 Å². The van der Waals surface area contributed by atoms with E-state index in [2.05, 4.69) is 27.5 Å². The van der Waals surface area contributed by atoms with Crippen LogP contribution in [0.1, 0.15) is 37.8 Å². The van der Waals surface area contributed by atoms with Crippen molar-refractivity contribution in [3.63, 3.8) is 0 Å². The summed E-state index contributed by atoms with van der Waals surface area (Å²) in [4.78, 5) is 36.2. The van der Waals surface area contributed by atoms with Crippen molar-refractivity contribution in [2.45, 2.75) is 33.2 Å². The summed E-state index contributed by atoms with van der Waals surface area (Å²) in [5.74, 6) is -1.14. The van der Waals surface area contributed by atoms with Gasteiger partial charge >= 0.3 is 5.97 Å². The van der Waals surface area contributed by atoms with Crippen molar-refractivity contribution >= 4 is 17.4 Å². The van der Waals surface area contributed by atoms with E-state index in [0.717, 1.165) is 6.54 Å². The molecule has 0 aromatic heterocycles. The molecule has 1 aliphatic rings. The molecule has 9 heteroatoms. The van der Waals surface area contributed by atoms with Crippen LogP contribution in [0, 0.1) is 10.1 Å². The van der Waals surface area contributed by atoms with Crippen LogP contribution < -0.4 is 5.48 Å². The van der Waals surface area contributed by atoms with Gasteiger partial charge in [-0.3, -0.25) is 30.3 Å². The van der Waals surface area contributed by atoms with E-state index in [-0.39, 0.29) is 5.69 Å². The second-order valence-corrected chi connectivity index (χ2v) is 8.69. The number of methoxy groups -OCH3 is 1. The fourth-order valence-electron chi connectivity index (χ4n) is 4.34. The Morgan fingerprint density at radius 3 is 2.56 bits per heavy atom. The zero-order valence-corrected chi connectivity index (χ0v) is 21.3. The van der Waals surface area contributed by atoms with E-state index in [9.17, 15) is 14.9 Å². The van der Waals surface area contributed by atoms with Crippen LogP contribution in [0.2, 0.25) is 0 Å². The third kappa shape index (κ3) is 6.44. The van der Waals surface area contributed by atoms with E-state index >= 15 is 0 Å². The van der Waals surface area contributed by atoms with Gasteiger partial charge < -0.3 is 4.74 Å². The van der Waals surface area contributed by atoms with Crippen LogP contribution in [-0.4, -0.2) is 48.8 Å². The number of aliphatic imine (C=N–C) groups is 1. The monoisotopic (exact) mass is 492 g/mol. The molecule has 0 spiro atoms. The summed E-state index contributed by atoms with van der Waals surface area (Å²) in [6.45, 7) is 7.33. The Kier molecular flexibility index (Phi) is 9.10. The molecule has 9 nitrogen and oxygen atoms in total. The summed E-state index contributed by atoms with van der Waals surface area (Å²) in [5.41, 5.74) is 7.65. The molecule has 0 radical (unpaired) electrons. The third-order valence-corrected chi connectivity index (χ3v) is 6.01. The van der Waals surface area contributed by atoms with Crippen LogP contribution in [-0.2, 0) is 20.9 Å². The van der Waals surface area contributed by atoms with E-state index in [4.69, 9.17) is 9.57 Å². The number of nitro groups is 1. The van der Waals surface area contributed by atoms with Crippen LogP contribution in [0.3, 0.4) is 0 Å². The summed E-state index contributed by atoms with van der Waals surface area (Å²) in [5, 5.41) is 11.4. The Balaban J connectivity index is 1.83. The molecule has 1 N–H and O–H groups in total. The molecule has 2 aromatic rings. The first kappa shape index (κ1) is 26.8. The molecule has 0 saturated carbocycles. The van der Waals surface area contributed by atoms with Gasteiger partial charge in [0.1, 0.15) is 0 Å². The molecule has 0 bridgehead atoms. The van der Waals surface area contributed by atoms with Gasteiger partial charge in [-0.05, 0) is 38.9 Å². The molecular weight excluding hydrogens is 460 g/mol. The molecule has 1 atom stereocenters. The average Bonchev–Trinajstić information content (AvgIpc) is 2.86. The highest BCUT2D eigenvalue weighted by Gasteiger charge is 2.35. The molecular formula is C27H32N4O5. The molecule has 2 aromatic carbocycles. The van der Waals surface area contributed by atoms with Gasteiger partial charge in [0, 0.05) is 53.8 Å². The lowest BCUT2D eigenvalue weighted by atomic mass is 9.79. The number of likely N-dealkylation sites (N-methyl/N-ethyl adjacent to an activating group) is 1. The van der Waals surface area contributed by atoms with Gasteiger partial charge in [0.15, 0.2) is 0 Å². The van der Waals surface area contributed by atoms with Crippen molar-refractivity contribution in [1.82, 2.24) is 10.4 Å². The summed E-state index contributed by atoms with van der Waals surface area (Å²) in [6.07, 6.45) is 0. The van der Waals surface area contributed by atoms with Crippen molar-refractivity contribution in [3.8, 4) is 0 Å². The number of hydroxylamine groups is 1. The standard InChI is InChI=1S/C27H32N4O5/c1-18-24(20(3)29-36-15-14-30(4)17-21-10-7-6-8-11-21)26(25(19(2)28-18)27(32)35-5)22-12-9-13-23(16-22)31(33)34/h6-13,16,26,29H,14-15,17H2,1-5H3/b24-20+. The number of benzene rings is 2. The largest absolute Gasteiger partial charge is 0.466 e. The maximum absolute atomic E-state index is 12.8. The van der Waals surface area contributed by atoms with Crippen molar-refractivity contribution in [3.05, 3.63) is 98.4 Å². The Labute approximate surface area is 211 Å². The first-order valence-electron chi connectivity index (χ1n) is 11.6. The molecule has 36 heavy (non-hydrogen) atoms. The molecule has 1 unspecified atom stereocenters. The number of carbonyl (C=O) groups is 1. The number of nitro benzene ring substituents is 1. The van der Waals surface area contributed by atoms with Crippen molar-refractivity contribution in [2.24, 2.45) is 4.99 Å². The minimum absolute atomic E-state index is 0.0581. The van der Waals surface area contributed by atoms with E-state index in [1.54, 1.807) is 19.1 Å².